The highest BCUT2D eigenvalue weighted by Gasteiger charge is 2.34. The van der Waals surface area contributed by atoms with Crippen LogP contribution in [-0.2, 0) is 14.8 Å². The van der Waals surface area contributed by atoms with Crippen LogP contribution in [0.5, 0.6) is 0 Å². The first-order valence-corrected chi connectivity index (χ1v) is 10.5. The molecular formula is C16H24N2O6S2. The maximum Gasteiger partial charge on any atom is 0.410 e. The van der Waals surface area contributed by atoms with Crippen LogP contribution in [-0.4, -0.2) is 66.6 Å². The average Bonchev–Trinajstić information content (AvgIpc) is 2.73. The minimum atomic E-state index is -3.95. The van der Waals surface area contributed by atoms with Crippen LogP contribution in [0.2, 0.25) is 0 Å². The number of carboxylic acids is 1. The van der Waals surface area contributed by atoms with Crippen LogP contribution in [0.4, 0.5) is 4.79 Å². The van der Waals surface area contributed by atoms with E-state index >= 15 is 0 Å². The molecule has 146 valence electrons. The van der Waals surface area contributed by atoms with Gasteiger partial charge in [-0.15, -0.1) is 11.3 Å². The Kier molecular flexibility index (Phi) is 5.99. The molecule has 0 radical (unpaired) electrons. The predicted molar refractivity (Wildman–Crippen MR) is 97.2 cm³/mol. The van der Waals surface area contributed by atoms with Gasteiger partial charge in [0.1, 0.15) is 15.4 Å². The Balaban J connectivity index is 2.20. The van der Waals surface area contributed by atoms with Crippen molar-refractivity contribution in [3.63, 3.8) is 0 Å². The van der Waals surface area contributed by atoms with Crippen LogP contribution in [0.25, 0.3) is 0 Å². The first-order chi connectivity index (χ1) is 11.9. The fourth-order valence-electron chi connectivity index (χ4n) is 2.67. The number of ether oxygens (including phenoxy) is 1. The number of sulfonamides is 1. The van der Waals surface area contributed by atoms with Crippen molar-refractivity contribution < 1.29 is 27.9 Å². The van der Waals surface area contributed by atoms with E-state index in [1.165, 1.54) is 14.6 Å². The molecule has 0 unspecified atom stereocenters. The number of rotatable bonds is 3. The summed E-state index contributed by atoms with van der Waals surface area (Å²) < 4.78 is 32.6. The molecule has 0 spiro atoms. The van der Waals surface area contributed by atoms with Gasteiger partial charge in [-0.05, 0) is 45.1 Å². The summed E-state index contributed by atoms with van der Waals surface area (Å²) in [4.78, 5) is 24.7. The summed E-state index contributed by atoms with van der Waals surface area (Å²) >= 11 is 0.902. The van der Waals surface area contributed by atoms with Gasteiger partial charge in [0.2, 0.25) is 10.0 Å². The smallest absolute Gasteiger partial charge is 0.410 e. The molecule has 1 aliphatic heterocycles. The summed E-state index contributed by atoms with van der Waals surface area (Å²) in [6, 6.07) is 0. The van der Waals surface area contributed by atoms with E-state index < -0.39 is 27.7 Å². The SMILES string of the molecule is Cc1csc(C(=O)O)c1S(=O)(=O)N1CCCN(C(=O)OC(C)(C)C)CC1. The van der Waals surface area contributed by atoms with Crippen LogP contribution in [0.1, 0.15) is 42.4 Å². The van der Waals surface area contributed by atoms with Crippen molar-refractivity contribution in [2.24, 2.45) is 0 Å². The van der Waals surface area contributed by atoms with E-state index in [0.29, 0.717) is 18.5 Å². The molecular weight excluding hydrogens is 380 g/mol. The lowest BCUT2D eigenvalue weighted by molar-refractivity contribution is 0.0260. The van der Waals surface area contributed by atoms with Crippen molar-refractivity contribution >= 4 is 33.4 Å². The monoisotopic (exact) mass is 404 g/mol. The number of carbonyl (C=O) groups is 2. The number of carboxylic acid groups (broad SMARTS) is 1. The lowest BCUT2D eigenvalue weighted by Crippen LogP contribution is -2.40. The zero-order chi connectivity index (χ0) is 19.7. The number of carbonyl (C=O) groups excluding carboxylic acids is 1. The lowest BCUT2D eigenvalue weighted by atomic mass is 10.2. The summed E-state index contributed by atoms with van der Waals surface area (Å²) in [7, 11) is -3.95. The standard InChI is InChI=1S/C16H24N2O6S2/c1-11-10-25-12(14(19)20)13(11)26(22,23)18-7-5-6-17(8-9-18)15(21)24-16(2,3)4/h10H,5-9H2,1-4H3,(H,19,20). The molecule has 26 heavy (non-hydrogen) atoms. The van der Waals surface area contributed by atoms with Gasteiger partial charge in [0, 0.05) is 26.2 Å². The van der Waals surface area contributed by atoms with Gasteiger partial charge in [-0.1, -0.05) is 0 Å². The number of amides is 1. The Morgan fingerprint density at radius 2 is 1.85 bits per heavy atom. The largest absolute Gasteiger partial charge is 0.477 e. The number of aryl methyl sites for hydroxylation is 1. The quantitative estimate of drug-likeness (QED) is 0.829. The van der Waals surface area contributed by atoms with E-state index in [-0.39, 0.29) is 29.4 Å². The van der Waals surface area contributed by atoms with Crippen LogP contribution in [0.3, 0.4) is 0 Å². The Morgan fingerprint density at radius 3 is 2.42 bits per heavy atom. The van der Waals surface area contributed by atoms with E-state index in [9.17, 15) is 23.1 Å². The number of hydrogen-bond donors (Lipinski definition) is 1. The summed E-state index contributed by atoms with van der Waals surface area (Å²) in [6.07, 6.45) is -0.0287. The summed E-state index contributed by atoms with van der Waals surface area (Å²) in [5.41, 5.74) is -0.208. The van der Waals surface area contributed by atoms with Crippen LogP contribution < -0.4 is 0 Å². The number of nitrogens with zero attached hydrogens (tertiary/aromatic N) is 2. The molecule has 0 saturated carbocycles. The van der Waals surface area contributed by atoms with E-state index in [1.54, 1.807) is 27.7 Å². The Labute approximate surface area is 157 Å². The first kappa shape index (κ1) is 20.7. The van der Waals surface area contributed by atoms with Crippen molar-refractivity contribution in [2.75, 3.05) is 26.2 Å². The minimum absolute atomic E-state index is 0.0932. The average molecular weight is 405 g/mol. The van der Waals surface area contributed by atoms with Crippen molar-refractivity contribution in [1.29, 1.82) is 0 Å². The van der Waals surface area contributed by atoms with Gasteiger partial charge in [-0.3, -0.25) is 0 Å². The maximum absolute atomic E-state index is 13.0. The van der Waals surface area contributed by atoms with Crippen LogP contribution >= 0.6 is 11.3 Å². The molecule has 0 bridgehead atoms. The minimum Gasteiger partial charge on any atom is -0.477 e. The highest BCUT2D eigenvalue weighted by atomic mass is 32.2. The third kappa shape index (κ3) is 4.54. The van der Waals surface area contributed by atoms with Crippen LogP contribution in [0.15, 0.2) is 10.3 Å². The number of hydrogen-bond acceptors (Lipinski definition) is 6. The number of thiophene rings is 1. The van der Waals surface area contributed by atoms with Crippen molar-refractivity contribution in [1.82, 2.24) is 9.21 Å². The normalized spacial score (nSPS) is 17.0. The summed E-state index contributed by atoms with van der Waals surface area (Å²) in [5, 5.41) is 10.8. The second kappa shape index (κ2) is 7.53. The molecule has 1 saturated heterocycles. The third-order valence-corrected chi connectivity index (χ3v) is 7.12. The molecule has 1 N–H and O–H groups in total. The molecule has 1 aromatic heterocycles. The van der Waals surface area contributed by atoms with Gasteiger partial charge in [-0.2, -0.15) is 4.31 Å². The molecule has 1 fully saturated rings. The molecule has 1 aromatic rings. The molecule has 8 nitrogen and oxygen atoms in total. The van der Waals surface area contributed by atoms with Gasteiger partial charge in [0.05, 0.1) is 0 Å². The maximum atomic E-state index is 13.0. The fourth-order valence-corrected chi connectivity index (χ4v) is 5.73. The fraction of sp³-hybridized carbons (Fsp3) is 0.625. The first-order valence-electron chi connectivity index (χ1n) is 8.23. The van der Waals surface area contributed by atoms with Gasteiger partial charge in [-0.25, -0.2) is 18.0 Å². The molecule has 10 heteroatoms. The lowest BCUT2D eigenvalue weighted by Gasteiger charge is -2.26. The number of aromatic carboxylic acids is 1. The van der Waals surface area contributed by atoms with Crippen molar-refractivity contribution in [3.05, 3.63) is 15.8 Å². The van der Waals surface area contributed by atoms with Crippen molar-refractivity contribution in [3.8, 4) is 0 Å². The molecule has 0 atom stereocenters. The molecule has 0 aromatic carbocycles. The second-order valence-electron chi connectivity index (χ2n) is 7.11. The van der Waals surface area contributed by atoms with Crippen molar-refractivity contribution in [2.45, 2.75) is 44.6 Å². The van der Waals surface area contributed by atoms with E-state index in [4.69, 9.17) is 4.74 Å². The Morgan fingerprint density at radius 1 is 1.19 bits per heavy atom. The molecule has 2 rings (SSSR count). The molecule has 1 amide bonds. The predicted octanol–water partition coefficient (Wildman–Crippen LogP) is 2.39. The topological polar surface area (TPSA) is 104 Å². The van der Waals surface area contributed by atoms with E-state index in [2.05, 4.69) is 0 Å². The second-order valence-corrected chi connectivity index (χ2v) is 9.86. The van der Waals surface area contributed by atoms with Gasteiger partial charge in [0.15, 0.2) is 0 Å². The zero-order valence-corrected chi connectivity index (χ0v) is 16.9. The highest BCUT2D eigenvalue weighted by Crippen LogP contribution is 2.30. The summed E-state index contributed by atoms with van der Waals surface area (Å²) in [6.45, 7) is 7.78. The van der Waals surface area contributed by atoms with Crippen LogP contribution in [0, 0.1) is 6.92 Å². The zero-order valence-electron chi connectivity index (χ0n) is 15.3. The van der Waals surface area contributed by atoms with E-state index in [0.717, 1.165) is 11.3 Å². The molecule has 2 heterocycles. The Bertz CT molecular complexity index is 794. The third-order valence-electron chi connectivity index (χ3n) is 3.82. The van der Waals surface area contributed by atoms with Gasteiger partial charge in [0.25, 0.3) is 0 Å². The highest BCUT2D eigenvalue weighted by molar-refractivity contribution is 7.89. The van der Waals surface area contributed by atoms with Gasteiger partial charge >= 0.3 is 12.1 Å². The molecule has 1 aliphatic rings. The van der Waals surface area contributed by atoms with Gasteiger partial charge < -0.3 is 14.7 Å². The Hall–Kier alpha value is -1.65. The summed E-state index contributed by atoms with van der Waals surface area (Å²) in [5.74, 6) is -1.26. The van der Waals surface area contributed by atoms with E-state index in [1.807, 2.05) is 0 Å². The molecule has 0 aliphatic carbocycles.